The molecule has 6 nitrogen and oxygen atoms in total. The number of nitrogens with zero attached hydrogens (tertiary/aromatic N) is 3. The number of likely N-dealkylation sites (tertiary alicyclic amines) is 1. The van der Waals surface area contributed by atoms with Crippen molar-refractivity contribution in [3.05, 3.63) is 17.0 Å². The zero-order valence-electron chi connectivity index (χ0n) is 11.6. The van der Waals surface area contributed by atoms with E-state index in [9.17, 15) is 14.7 Å². The normalized spacial score (nSPS) is 20.9. The minimum absolute atomic E-state index is 0.0465. The average molecular weight is 277 g/mol. The van der Waals surface area contributed by atoms with E-state index < -0.39 is 5.97 Å². The summed E-state index contributed by atoms with van der Waals surface area (Å²) in [5.74, 6) is -0.979. The lowest BCUT2D eigenvalue weighted by atomic mass is 9.94. The molecule has 6 heteroatoms. The first-order valence-corrected chi connectivity index (χ1v) is 7.14. The highest BCUT2D eigenvalue weighted by Gasteiger charge is 2.32. The maximum absolute atomic E-state index is 12.2. The first-order chi connectivity index (χ1) is 9.58. The molecule has 3 rings (SSSR count). The lowest BCUT2D eigenvalue weighted by Crippen LogP contribution is -2.33. The summed E-state index contributed by atoms with van der Waals surface area (Å²) < 4.78 is 1.72. The largest absolute Gasteiger partial charge is 0.476 e. The second-order valence-corrected chi connectivity index (χ2v) is 5.74. The van der Waals surface area contributed by atoms with Crippen LogP contribution in [0.4, 0.5) is 0 Å². The van der Waals surface area contributed by atoms with Crippen LogP contribution in [-0.4, -0.2) is 51.7 Å². The quantitative estimate of drug-likeness (QED) is 0.883. The monoisotopic (exact) mass is 277 g/mol. The summed E-state index contributed by atoms with van der Waals surface area (Å²) in [5.41, 5.74) is 1.28. The van der Waals surface area contributed by atoms with Crippen molar-refractivity contribution in [2.75, 3.05) is 20.1 Å². The van der Waals surface area contributed by atoms with Crippen LogP contribution in [0.1, 0.15) is 58.3 Å². The van der Waals surface area contributed by atoms with Crippen LogP contribution in [0.15, 0.2) is 0 Å². The summed E-state index contributed by atoms with van der Waals surface area (Å²) in [5, 5.41) is 13.6. The van der Waals surface area contributed by atoms with Gasteiger partial charge in [-0.05, 0) is 45.8 Å². The number of hydrogen-bond donors (Lipinski definition) is 1. The van der Waals surface area contributed by atoms with Gasteiger partial charge in [-0.2, -0.15) is 5.10 Å². The van der Waals surface area contributed by atoms with Crippen molar-refractivity contribution < 1.29 is 14.7 Å². The van der Waals surface area contributed by atoms with Gasteiger partial charge in [0.1, 0.15) is 5.69 Å². The van der Waals surface area contributed by atoms with E-state index in [-0.39, 0.29) is 17.5 Å². The van der Waals surface area contributed by atoms with E-state index in [1.54, 1.807) is 4.68 Å². The SMILES string of the molecule is CN1CCC(n2nc(C(=O)O)c3c2C(=O)CCC3)CC1. The smallest absolute Gasteiger partial charge is 0.356 e. The van der Waals surface area contributed by atoms with Crippen LogP contribution in [0.25, 0.3) is 0 Å². The summed E-state index contributed by atoms with van der Waals surface area (Å²) in [4.78, 5) is 25.8. The van der Waals surface area contributed by atoms with Gasteiger partial charge in [0.25, 0.3) is 0 Å². The van der Waals surface area contributed by atoms with Gasteiger partial charge < -0.3 is 10.0 Å². The number of rotatable bonds is 2. The van der Waals surface area contributed by atoms with Crippen LogP contribution < -0.4 is 0 Å². The van der Waals surface area contributed by atoms with Gasteiger partial charge >= 0.3 is 5.97 Å². The number of carbonyl (C=O) groups is 2. The summed E-state index contributed by atoms with van der Waals surface area (Å²) in [6.07, 6.45) is 3.71. The third-order valence-electron chi connectivity index (χ3n) is 4.34. The first kappa shape index (κ1) is 13.3. The maximum atomic E-state index is 12.2. The Morgan fingerprint density at radius 2 is 2.00 bits per heavy atom. The molecule has 0 atom stereocenters. The molecule has 0 spiro atoms. The van der Waals surface area contributed by atoms with Gasteiger partial charge in [0.05, 0.1) is 6.04 Å². The molecule has 1 aliphatic carbocycles. The molecule has 1 fully saturated rings. The Balaban J connectivity index is 2.02. The molecule has 0 radical (unpaired) electrons. The molecule has 1 aliphatic heterocycles. The van der Waals surface area contributed by atoms with Crippen molar-refractivity contribution in [3.8, 4) is 0 Å². The molecule has 1 saturated heterocycles. The van der Waals surface area contributed by atoms with Crippen LogP contribution in [0.3, 0.4) is 0 Å². The molecule has 20 heavy (non-hydrogen) atoms. The molecule has 1 aromatic rings. The summed E-state index contributed by atoms with van der Waals surface area (Å²) in [7, 11) is 2.07. The molecule has 0 bridgehead atoms. The zero-order chi connectivity index (χ0) is 14.3. The van der Waals surface area contributed by atoms with Gasteiger partial charge in [-0.15, -0.1) is 0 Å². The van der Waals surface area contributed by atoms with Gasteiger partial charge in [0, 0.05) is 12.0 Å². The lowest BCUT2D eigenvalue weighted by Gasteiger charge is -2.30. The predicted molar refractivity (Wildman–Crippen MR) is 72.2 cm³/mol. The number of ketones is 1. The molecule has 0 unspecified atom stereocenters. The zero-order valence-corrected chi connectivity index (χ0v) is 11.6. The van der Waals surface area contributed by atoms with Gasteiger partial charge in [-0.1, -0.05) is 0 Å². The molecule has 108 valence electrons. The highest BCUT2D eigenvalue weighted by atomic mass is 16.4. The van der Waals surface area contributed by atoms with Crippen molar-refractivity contribution in [2.45, 2.75) is 38.1 Å². The van der Waals surface area contributed by atoms with Crippen LogP contribution >= 0.6 is 0 Å². The molecule has 1 N–H and O–H groups in total. The third-order valence-corrected chi connectivity index (χ3v) is 4.34. The lowest BCUT2D eigenvalue weighted by molar-refractivity contribution is 0.0687. The molecule has 1 aromatic heterocycles. The van der Waals surface area contributed by atoms with Gasteiger partial charge in [-0.3, -0.25) is 9.48 Å². The van der Waals surface area contributed by atoms with Crippen LogP contribution in [0.5, 0.6) is 0 Å². The second kappa shape index (κ2) is 5.01. The van der Waals surface area contributed by atoms with Crippen LogP contribution in [0.2, 0.25) is 0 Å². The van der Waals surface area contributed by atoms with Crippen LogP contribution in [-0.2, 0) is 6.42 Å². The molecule has 0 aromatic carbocycles. The van der Waals surface area contributed by atoms with Crippen molar-refractivity contribution >= 4 is 11.8 Å². The van der Waals surface area contributed by atoms with Gasteiger partial charge in [-0.25, -0.2) is 4.79 Å². The standard InChI is InChI=1S/C14H19N3O3/c1-16-7-5-9(6-8-16)17-13-10(3-2-4-11(13)18)12(15-17)14(19)20/h9H,2-8H2,1H3,(H,19,20). The highest BCUT2D eigenvalue weighted by molar-refractivity contribution is 6.00. The summed E-state index contributed by atoms with van der Waals surface area (Å²) in [6.45, 7) is 1.91. The fourth-order valence-corrected chi connectivity index (χ4v) is 3.22. The molecule has 0 saturated carbocycles. The van der Waals surface area contributed by atoms with E-state index in [2.05, 4.69) is 17.0 Å². The second-order valence-electron chi connectivity index (χ2n) is 5.74. The molecule has 0 amide bonds. The number of hydrogen-bond acceptors (Lipinski definition) is 4. The van der Waals surface area contributed by atoms with E-state index in [4.69, 9.17) is 0 Å². The molecule has 2 heterocycles. The fourth-order valence-electron chi connectivity index (χ4n) is 3.22. The van der Waals surface area contributed by atoms with Crippen LogP contribution in [0, 0.1) is 0 Å². The number of aromatic carboxylic acids is 1. The molecule has 2 aliphatic rings. The Bertz CT molecular complexity index is 556. The number of aromatic nitrogens is 2. The highest BCUT2D eigenvalue weighted by Crippen LogP contribution is 2.30. The Morgan fingerprint density at radius 3 is 2.65 bits per heavy atom. The number of Topliss-reactive ketones (excluding diaryl/α,β-unsaturated/α-hetero) is 1. The average Bonchev–Trinajstić information content (AvgIpc) is 2.81. The Morgan fingerprint density at radius 1 is 1.30 bits per heavy atom. The topological polar surface area (TPSA) is 75.4 Å². The summed E-state index contributed by atoms with van der Waals surface area (Å²) in [6, 6.07) is 0.148. The molecular weight excluding hydrogens is 258 g/mol. The minimum atomic E-state index is -1.03. The van der Waals surface area contributed by atoms with Crippen molar-refractivity contribution in [1.29, 1.82) is 0 Å². The van der Waals surface area contributed by atoms with E-state index in [1.807, 2.05) is 0 Å². The number of fused-ring (bicyclic) bond motifs is 1. The Hall–Kier alpha value is -1.69. The Labute approximate surface area is 117 Å². The van der Waals surface area contributed by atoms with E-state index in [0.29, 0.717) is 24.1 Å². The fraction of sp³-hybridized carbons (Fsp3) is 0.643. The number of piperidine rings is 1. The van der Waals surface area contributed by atoms with Gasteiger partial charge in [0.2, 0.25) is 0 Å². The van der Waals surface area contributed by atoms with Crippen molar-refractivity contribution in [1.82, 2.24) is 14.7 Å². The summed E-state index contributed by atoms with van der Waals surface area (Å²) >= 11 is 0. The first-order valence-electron chi connectivity index (χ1n) is 7.14. The minimum Gasteiger partial charge on any atom is -0.476 e. The maximum Gasteiger partial charge on any atom is 0.356 e. The van der Waals surface area contributed by atoms with Crippen molar-refractivity contribution in [2.24, 2.45) is 0 Å². The van der Waals surface area contributed by atoms with Crippen molar-refractivity contribution in [3.63, 3.8) is 0 Å². The molecular formula is C14H19N3O3. The number of carboxylic acids is 1. The van der Waals surface area contributed by atoms with E-state index in [1.165, 1.54) is 0 Å². The Kier molecular flexibility index (Phi) is 3.33. The van der Waals surface area contributed by atoms with Gasteiger partial charge in [0.15, 0.2) is 11.5 Å². The van der Waals surface area contributed by atoms with E-state index >= 15 is 0 Å². The predicted octanol–water partition coefficient (Wildman–Crippen LogP) is 1.37. The number of carboxylic acid groups (broad SMARTS) is 1. The third kappa shape index (κ3) is 2.14. The van der Waals surface area contributed by atoms with E-state index in [0.717, 1.165) is 32.4 Å². The number of carbonyl (C=O) groups excluding carboxylic acids is 1.